The van der Waals surface area contributed by atoms with Gasteiger partial charge in [-0.25, -0.2) is 0 Å². The molecule has 2 saturated heterocycles. The number of nitrogens with one attached hydrogen (secondary N) is 2. The molecule has 0 radical (unpaired) electrons. The quantitative estimate of drug-likeness (QED) is 0.495. The van der Waals surface area contributed by atoms with Crippen LogP contribution in [0.1, 0.15) is 11.1 Å². The standard InChI is InChI=1S/C28H29N3O4/c1-34-20-8-6-18(7-9-20)11-14-29-26(32)24-23-10-13-28(35-23)17-31(27(33)25(24)28)15-12-19-16-30-22-5-3-2-4-21(19)22/h2-10,13,16,23-25,30H,11-12,14-15,17H2,1H3,(H,29,32)/t23-,24+,25+,28+/m1/s1. The number of fused-ring (bicyclic) bond motifs is 2. The Labute approximate surface area is 204 Å². The number of carbonyl (C=O) groups excluding carboxylic acids is 2. The first kappa shape index (κ1) is 21.9. The Bertz CT molecular complexity index is 1300. The van der Waals surface area contributed by atoms with E-state index in [-0.39, 0.29) is 17.9 Å². The van der Waals surface area contributed by atoms with Gasteiger partial charge in [-0.05, 0) is 42.2 Å². The van der Waals surface area contributed by atoms with Crippen LogP contribution in [-0.2, 0) is 27.2 Å². The lowest BCUT2D eigenvalue weighted by Crippen LogP contribution is -2.44. The molecule has 7 nitrogen and oxygen atoms in total. The van der Waals surface area contributed by atoms with Crippen LogP contribution < -0.4 is 10.1 Å². The number of carbonyl (C=O) groups is 2. The van der Waals surface area contributed by atoms with Crippen LogP contribution in [0.25, 0.3) is 10.9 Å². The lowest BCUT2D eigenvalue weighted by molar-refractivity contribution is -0.137. The summed E-state index contributed by atoms with van der Waals surface area (Å²) in [5.41, 5.74) is 2.73. The van der Waals surface area contributed by atoms with Crippen LogP contribution >= 0.6 is 0 Å². The number of H-pyrrole nitrogens is 1. The van der Waals surface area contributed by atoms with E-state index in [0.29, 0.717) is 26.1 Å². The zero-order chi connectivity index (χ0) is 24.0. The summed E-state index contributed by atoms with van der Waals surface area (Å²) >= 11 is 0. The molecule has 6 rings (SSSR count). The van der Waals surface area contributed by atoms with Crippen molar-refractivity contribution in [2.24, 2.45) is 11.8 Å². The maximum Gasteiger partial charge on any atom is 0.230 e. The van der Waals surface area contributed by atoms with Crippen molar-refractivity contribution in [3.63, 3.8) is 0 Å². The van der Waals surface area contributed by atoms with Gasteiger partial charge >= 0.3 is 0 Å². The third-order valence-electron chi connectivity index (χ3n) is 7.68. The third-order valence-corrected chi connectivity index (χ3v) is 7.68. The lowest BCUT2D eigenvalue weighted by Gasteiger charge is -2.23. The largest absolute Gasteiger partial charge is 0.497 e. The number of aromatic nitrogens is 1. The molecule has 3 aliphatic rings. The molecule has 7 heteroatoms. The predicted molar refractivity (Wildman–Crippen MR) is 132 cm³/mol. The van der Waals surface area contributed by atoms with Crippen LogP contribution in [0, 0.1) is 11.8 Å². The van der Waals surface area contributed by atoms with E-state index in [1.165, 1.54) is 10.9 Å². The van der Waals surface area contributed by atoms with Crippen molar-refractivity contribution < 1.29 is 19.1 Å². The highest BCUT2D eigenvalue weighted by Crippen LogP contribution is 2.51. The molecule has 0 unspecified atom stereocenters. The highest BCUT2D eigenvalue weighted by Gasteiger charge is 2.66. The van der Waals surface area contributed by atoms with Gasteiger partial charge in [0.25, 0.3) is 0 Å². The van der Waals surface area contributed by atoms with E-state index in [2.05, 4.69) is 22.4 Å². The molecule has 4 atom stereocenters. The predicted octanol–water partition coefficient (Wildman–Crippen LogP) is 2.86. The Morgan fingerprint density at radius 1 is 1.20 bits per heavy atom. The number of amides is 2. The number of nitrogens with zero attached hydrogens (tertiary/aromatic N) is 1. The van der Waals surface area contributed by atoms with Crippen molar-refractivity contribution in [2.75, 3.05) is 26.7 Å². The number of benzene rings is 2. The van der Waals surface area contributed by atoms with Gasteiger partial charge in [0, 0.05) is 30.2 Å². The number of ether oxygens (including phenoxy) is 2. The van der Waals surface area contributed by atoms with Crippen LogP contribution in [0.15, 0.2) is 66.9 Å². The third kappa shape index (κ3) is 3.71. The summed E-state index contributed by atoms with van der Waals surface area (Å²) in [6.45, 7) is 1.62. The minimum Gasteiger partial charge on any atom is -0.497 e. The summed E-state index contributed by atoms with van der Waals surface area (Å²) in [6.07, 6.45) is 7.12. The molecule has 180 valence electrons. The second-order valence-corrected chi connectivity index (χ2v) is 9.66. The van der Waals surface area contributed by atoms with Gasteiger partial charge in [0.05, 0.1) is 31.6 Å². The summed E-state index contributed by atoms with van der Waals surface area (Å²) in [5, 5.41) is 4.23. The van der Waals surface area contributed by atoms with Crippen molar-refractivity contribution in [1.29, 1.82) is 0 Å². The first-order valence-corrected chi connectivity index (χ1v) is 12.2. The molecule has 2 fully saturated rings. The van der Waals surface area contributed by atoms with Crippen molar-refractivity contribution in [1.82, 2.24) is 15.2 Å². The van der Waals surface area contributed by atoms with Gasteiger partial charge in [-0.2, -0.15) is 0 Å². The van der Waals surface area contributed by atoms with Gasteiger partial charge in [0.2, 0.25) is 11.8 Å². The first-order valence-electron chi connectivity index (χ1n) is 12.2. The average molecular weight is 472 g/mol. The van der Waals surface area contributed by atoms with E-state index in [1.54, 1.807) is 7.11 Å². The fourth-order valence-corrected chi connectivity index (χ4v) is 5.90. The number of methoxy groups -OCH3 is 1. The van der Waals surface area contributed by atoms with Crippen molar-refractivity contribution >= 4 is 22.7 Å². The number of rotatable bonds is 8. The van der Waals surface area contributed by atoms with Crippen molar-refractivity contribution in [3.8, 4) is 5.75 Å². The second-order valence-electron chi connectivity index (χ2n) is 9.66. The number of hydrogen-bond acceptors (Lipinski definition) is 4. The van der Waals surface area contributed by atoms with Gasteiger partial charge < -0.3 is 24.7 Å². The van der Waals surface area contributed by atoms with Gasteiger partial charge in [-0.3, -0.25) is 9.59 Å². The molecular weight excluding hydrogens is 442 g/mol. The Hall–Kier alpha value is -3.58. The maximum atomic E-state index is 13.5. The summed E-state index contributed by atoms with van der Waals surface area (Å²) in [7, 11) is 1.64. The van der Waals surface area contributed by atoms with Crippen LogP contribution in [0.4, 0.5) is 0 Å². The lowest BCUT2D eigenvalue weighted by atomic mass is 9.77. The molecule has 4 heterocycles. The summed E-state index contributed by atoms with van der Waals surface area (Å²) in [4.78, 5) is 31.8. The van der Waals surface area contributed by atoms with Crippen LogP contribution in [-0.4, -0.2) is 60.1 Å². The molecule has 3 aromatic rings. The van der Waals surface area contributed by atoms with Crippen LogP contribution in [0.3, 0.4) is 0 Å². The molecule has 35 heavy (non-hydrogen) atoms. The fraction of sp³-hybridized carbons (Fsp3) is 0.357. The van der Waals surface area contributed by atoms with E-state index in [9.17, 15) is 9.59 Å². The second kappa shape index (κ2) is 8.57. The van der Waals surface area contributed by atoms with E-state index < -0.39 is 17.4 Å². The monoisotopic (exact) mass is 471 g/mol. The van der Waals surface area contributed by atoms with E-state index in [0.717, 1.165) is 23.3 Å². The normalized spacial score (nSPS) is 26.5. The van der Waals surface area contributed by atoms with Gasteiger partial charge in [-0.1, -0.05) is 42.5 Å². The summed E-state index contributed by atoms with van der Waals surface area (Å²) in [5.74, 6) is -0.218. The number of hydrogen-bond donors (Lipinski definition) is 2. The number of aromatic amines is 1. The molecule has 1 aromatic heterocycles. The highest BCUT2D eigenvalue weighted by atomic mass is 16.5. The van der Waals surface area contributed by atoms with Gasteiger partial charge in [-0.15, -0.1) is 0 Å². The average Bonchev–Trinajstić information content (AvgIpc) is 3.63. The molecule has 2 aromatic carbocycles. The van der Waals surface area contributed by atoms with Crippen molar-refractivity contribution in [2.45, 2.75) is 24.5 Å². The molecule has 2 N–H and O–H groups in total. The van der Waals surface area contributed by atoms with E-state index in [4.69, 9.17) is 9.47 Å². The summed E-state index contributed by atoms with van der Waals surface area (Å²) in [6, 6.07) is 16.0. The SMILES string of the molecule is COc1ccc(CCNC(=O)[C@@H]2[C@H]3C(=O)N(CCc4c[nH]c5ccccc45)C[C@@]34C=C[C@H]2O4)cc1. The Morgan fingerprint density at radius 2 is 2.03 bits per heavy atom. The van der Waals surface area contributed by atoms with Crippen molar-refractivity contribution in [3.05, 3.63) is 78.0 Å². The van der Waals surface area contributed by atoms with E-state index in [1.807, 2.05) is 59.6 Å². The Morgan fingerprint density at radius 3 is 2.86 bits per heavy atom. The Kier molecular flexibility index (Phi) is 5.37. The highest BCUT2D eigenvalue weighted by molar-refractivity contribution is 5.93. The molecule has 2 bridgehead atoms. The van der Waals surface area contributed by atoms with Crippen LogP contribution in [0.5, 0.6) is 5.75 Å². The van der Waals surface area contributed by atoms with Crippen LogP contribution in [0.2, 0.25) is 0 Å². The molecular formula is C28H29N3O4. The van der Waals surface area contributed by atoms with E-state index >= 15 is 0 Å². The smallest absolute Gasteiger partial charge is 0.230 e. The number of para-hydroxylation sites is 1. The minimum atomic E-state index is -0.681. The van der Waals surface area contributed by atoms with Gasteiger partial charge in [0.15, 0.2) is 0 Å². The maximum absolute atomic E-state index is 13.5. The topological polar surface area (TPSA) is 83.7 Å². The molecule has 3 aliphatic heterocycles. The molecule has 1 spiro atoms. The summed E-state index contributed by atoms with van der Waals surface area (Å²) < 4.78 is 11.5. The van der Waals surface area contributed by atoms with Gasteiger partial charge in [0.1, 0.15) is 11.4 Å². The zero-order valence-electron chi connectivity index (χ0n) is 19.7. The zero-order valence-corrected chi connectivity index (χ0v) is 19.7. The first-order chi connectivity index (χ1) is 17.1. The minimum absolute atomic E-state index is 0.0204. The fourth-order valence-electron chi connectivity index (χ4n) is 5.90. The molecule has 2 amide bonds. The Balaban J connectivity index is 1.10. The molecule has 0 saturated carbocycles. The number of likely N-dealkylation sites (tertiary alicyclic amines) is 1. The molecule has 0 aliphatic carbocycles.